The fourth-order valence-electron chi connectivity index (χ4n) is 2.06. The smallest absolute Gasteiger partial charge is 0.317 e. The SMILES string of the molecule is CC1(CNC(=O)N2CCCCCC2)CC1. The van der Waals surface area contributed by atoms with E-state index in [4.69, 9.17) is 0 Å². The second-order valence-electron chi connectivity index (χ2n) is 5.37. The summed E-state index contributed by atoms with van der Waals surface area (Å²) in [7, 11) is 0. The van der Waals surface area contributed by atoms with Crippen LogP contribution in [0.2, 0.25) is 0 Å². The van der Waals surface area contributed by atoms with Gasteiger partial charge in [0.1, 0.15) is 0 Å². The molecule has 0 unspecified atom stereocenters. The fourth-order valence-corrected chi connectivity index (χ4v) is 2.06. The normalized spacial score (nSPS) is 24.5. The number of likely N-dealkylation sites (tertiary alicyclic amines) is 1. The van der Waals surface area contributed by atoms with Crippen LogP contribution < -0.4 is 5.32 Å². The van der Waals surface area contributed by atoms with Crippen molar-refractivity contribution in [3.8, 4) is 0 Å². The highest BCUT2D eigenvalue weighted by Crippen LogP contribution is 2.44. The van der Waals surface area contributed by atoms with Gasteiger partial charge >= 0.3 is 6.03 Å². The molecule has 2 aliphatic rings. The van der Waals surface area contributed by atoms with Crippen LogP contribution in [0.15, 0.2) is 0 Å². The molecule has 0 aromatic rings. The van der Waals surface area contributed by atoms with Crippen LogP contribution in [-0.4, -0.2) is 30.6 Å². The lowest BCUT2D eigenvalue weighted by molar-refractivity contribution is 0.197. The molecule has 1 saturated heterocycles. The predicted molar refractivity (Wildman–Crippen MR) is 60.8 cm³/mol. The fraction of sp³-hybridized carbons (Fsp3) is 0.917. The molecule has 0 radical (unpaired) electrons. The minimum Gasteiger partial charge on any atom is -0.337 e. The summed E-state index contributed by atoms with van der Waals surface area (Å²) < 4.78 is 0. The summed E-state index contributed by atoms with van der Waals surface area (Å²) in [4.78, 5) is 13.8. The lowest BCUT2D eigenvalue weighted by atomic mass is 10.1. The molecule has 1 heterocycles. The van der Waals surface area contributed by atoms with Gasteiger partial charge in [0.15, 0.2) is 0 Å². The largest absolute Gasteiger partial charge is 0.337 e. The summed E-state index contributed by atoms with van der Waals surface area (Å²) in [5.41, 5.74) is 0.418. The minimum atomic E-state index is 0.157. The highest BCUT2D eigenvalue weighted by atomic mass is 16.2. The Balaban J connectivity index is 1.73. The zero-order chi connectivity index (χ0) is 10.7. The van der Waals surface area contributed by atoms with Gasteiger partial charge in [-0.05, 0) is 31.1 Å². The first-order valence-corrected chi connectivity index (χ1v) is 6.22. The summed E-state index contributed by atoms with van der Waals surface area (Å²) >= 11 is 0. The highest BCUT2D eigenvalue weighted by Gasteiger charge is 2.37. The monoisotopic (exact) mass is 210 g/mol. The van der Waals surface area contributed by atoms with Crippen molar-refractivity contribution in [1.29, 1.82) is 0 Å². The third kappa shape index (κ3) is 3.11. The van der Waals surface area contributed by atoms with E-state index in [0.717, 1.165) is 19.6 Å². The molecule has 0 aromatic heterocycles. The Bertz CT molecular complexity index is 228. The Morgan fingerprint density at radius 1 is 1.20 bits per heavy atom. The molecule has 0 bridgehead atoms. The third-order valence-corrected chi connectivity index (χ3v) is 3.66. The second-order valence-corrected chi connectivity index (χ2v) is 5.37. The average Bonchev–Trinajstić information content (AvgIpc) is 2.99. The third-order valence-electron chi connectivity index (χ3n) is 3.66. The maximum absolute atomic E-state index is 11.8. The number of nitrogens with zero attached hydrogens (tertiary/aromatic N) is 1. The summed E-state index contributed by atoms with van der Waals surface area (Å²) in [6.45, 7) is 5.00. The molecule has 1 N–H and O–H groups in total. The average molecular weight is 210 g/mol. The molecular formula is C12H22N2O. The first-order valence-electron chi connectivity index (χ1n) is 6.22. The quantitative estimate of drug-likeness (QED) is 0.745. The van der Waals surface area contributed by atoms with Crippen molar-refractivity contribution in [2.75, 3.05) is 19.6 Å². The number of amides is 2. The zero-order valence-corrected chi connectivity index (χ0v) is 9.72. The van der Waals surface area contributed by atoms with Crippen LogP contribution in [0.25, 0.3) is 0 Å². The van der Waals surface area contributed by atoms with Crippen LogP contribution >= 0.6 is 0 Å². The Labute approximate surface area is 92.2 Å². The van der Waals surface area contributed by atoms with Crippen molar-refractivity contribution >= 4 is 6.03 Å². The summed E-state index contributed by atoms with van der Waals surface area (Å²) in [6, 6.07) is 0.157. The van der Waals surface area contributed by atoms with Gasteiger partial charge in [0.05, 0.1) is 0 Å². The summed E-state index contributed by atoms with van der Waals surface area (Å²) in [6.07, 6.45) is 7.44. The maximum atomic E-state index is 11.8. The molecule has 1 saturated carbocycles. The van der Waals surface area contributed by atoms with E-state index < -0.39 is 0 Å². The number of urea groups is 1. The molecule has 1 aliphatic carbocycles. The van der Waals surface area contributed by atoms with Crippen LogP contribution in [0.5, 0.6) is 0 Å². The van der Waals surface area contributed by atoms with E-state index >= 15 is 0 Å². The lowest BCUT2D eigenvalue weighted by Crippen LogP contribution is -2.42. The standard InChI is InChI=1S/C12H22N2O/c1-12(6-7-12)10-13-11(15)14-8-4-2-3-5-9-14/h2-10H2,1H3,(H,13,15). The van der Waals surface area contributed by atoms with Crippen molar-refractivity contribution in [1.82, 2.24) is 10.2 Å². The van der Waals surface area contributed by atoms with Gasteiger partial charge in [-0.2, -0.15) is 0 Å². The van der Waals surface area contributed by atoms with Crippen molar-refractivity contribution < 1.29 is 4.79 Å². The molecule has 3 heteroatoms. The van der Waals surface area contributed by atoms with Gasteiger partial charge in [0.25, 0.3) is 0 Å². The number of hydrogen-bond acceptors (Lipinski definition) is 1. The van der Waals surface area contributed by atoms with Gasteiger partial charge in [-0.15, -0.1) is 0 Å². The number of hydrogen-bond donors (Lipinski definition) is 1. The number of carbonyl (C=O) groups excluding carboxylic acids is 1. The van der Waals surface area contributed by atoms with E-state index in [-0.39, 0.29) is 6.03 Å². The molecule has 1 aliphatic heterocycles. The highest BCUT2D eigenvalue weighted by molar-refractivity contribution is 5.74. The van der Waals surface area contributed by atoms with Crippen molar-refractivity contribution in [3.05, 3.63) is 0 Å². The van der Waals surface area contributed by atoms with E-state index in [1.54, 1.807) is 0 Å². The molecule has 86 valence electrons. The second kappa shape index (κ2) is 4.42. The van der Waals surface area contributed by atoms with Crippen LogP contribution in [-0.2, 0) is 0 Å². The van der Waals surface area contributed by atoms with Crippen LogP contribution in [0.3, 0.4) is 0 Å². The molecule has 3 nitrogen and oxygen atoms in total. The maximum Gasteiger partial charge on any atom is 0.317 e. The van der Waals surface area contributed by atoms with Crippen molar-refractivity contribution in [2.24, 2.45) is 5.41 Å². The lowest BCUT2D eigenvalue weighted by Gasteiger charge is -2.22. The summed E-state index contributed by atoms with van der Waals surface area (Å²) in [5, 5.41) is 3.07. The van der Waals surface area contributed by atoms with E-state index in [1.165, 1.54) is 38.5 Å². The van der Waals surface area contributed by atoms with E-state index in [9.17, 15) is 4.79 Å². The van der Waals surface area contributed by atoms with Gasteiger partial charge in [-0.25, -0.2) is 4.79 Å². The first kappa shape index (κ1) is 10.8. The van der Waals surface area contributed by atoms with Crippen LogP contribution in [0, 0.1) is 5.41 Å². The minimum absolute atomic E-state index is 0.157. The Morgan fingerprint density at radius 2 is 1.80 bits per heavy atom. The zero-order valence-electron chi connectivity index (χ0n) is 9.72. The number of nitrogens with one attached hydrogen (secondary N) is 1. The summed E-state index contributed by atoms with van der Waals surface area (Å²) in [5.74, 6) is 0. The molecule has 0 spiro atoms. The molecule has 15 heavy (non-hydrogen) atoms. The Hall–Kier alpha value is -0.730. The molecule has 0 atom stereocenters. The van der Waals surface area contributed by atoms with E-state index in [0.29, 0.717) is 5.41 Å². The van der Waals surface area contributed by atoms with Crippen LogP contribution in [0.4, 0.5) is 4.79 Å². The molecule has 2 fully saturated rings. The predicted octanol–water partition coefficient (Wildman–Crippen LogP) is 2.37. The van der Waals surface area contributed by atoms with Gasteiger partial charge in [0.2, 0.25) is 0 Å². The van der Waals surface area contributed by atoms with Crippen LogP contribution in [0.1, 0.15) is 45.4 Å². The van der Waals surface area contributed by atoms with E-state index in [1.807, 2.05) is 4.90 Å². The molecule has 2 rings (SSSR count). The van der Waals surface area contributed by atoms with Gasteiger partial charge in [-0.3, -0.25) is 0 Å². The van der Waals surface area contributed by atoms with E-state index in [2.05, 4.69) is 12.2 Å². The number of carbonyl (C=O) groups is 1. The number of rotatable bonds is 2. The Morgan fingerprint density at radius 3 is 2.33 bits per heavy atom. The first-order chi connectivity index (χ1) is 7.20. The van der Waals surface area contributed by atoms with Crippen molar-refractivity contribution in [3.63, 3.8) is 0 Å². The van der Waals surface area contributed by atoms with Gasteiger partial charge < -0.3 is 10.2 Å². The van der Waals surface area contributed by atoms with Crippen molar-refractivity contribution in [2.45, 2.75) is 45.4 Å². The van der Waals surface area contributed by atoms with Gasteiger partial charge in [-0.1, -0.05) is 19.8 Å². The molecule has 2 amide bonds. The topological polar surface area (TPSA) is 32.3 Å². The molecule has 0 aromatic carbocycles. The Kier molecular flexibility index (Phi) is 3.17. The van der Waals surface area contributed by atoms with Gasteiger partial charge in [0, 0.05) is 19.6 Å². The molecular weight excluding hydrogens is 188 g/mol.